The van der Waals surface area contributed by atoms with E-state index in [0.717, 1.165) is 46.5 Å². The van der Waals surface area contributed by atoms with Crippen LogP contribution in [0.4, 0.5) is 17.5 Å². The molecular weight excluding hydrogens is 360 g/mol. The maximum atomic E-state index is 6.20. The van der Waals surface area contributed by atoms with Gasteiger partial charge >= 0.3 is 0 Å². The molecule has 0 amide bonds. The van der Waals surface area contributed by atoms with E-state index in [2.05, 4.69) is 26.7 Å². The average Bonchev–Trinajstić information content (AvgIpc) is 2.65. The van der Waals surface area contributed by atoms with Gasteiger partial charge in [-0.3, -0.25) is 0 Å². The van der Waals surface area contributed by atoms with E-state index in [-0.39, 0.29) is 0 Å². The van der Waals surface area contributed by atoms with E-state index in [1.807, 2.05) is 56.3 Å². The molecular formula is C21H23ClN4O. The summed E-state index contributed by atoms with van der Waals surface area (Å²) in [5.74, 6) is 2.19. The van der Waals surface area contributed by atoms with Crippen molar-refractivity contribution in [3.8, 4) is 5.75 Å². The summed E-state index contributed by atoms with van der Waals surface area (Å²) < 4.78 is 5.26. The maximum absolute atomic E-state index is 6.20. The SMILES string of the molecule is COc1cccc(CCNc2nc(C)cc(Nc3cccc(Cl)c3C)n2)c1. The van der Waals surface area contributed by atoms with Crippen molar-refractivity contribution in [1.82, 2.24) is 9.97 Å². The van der Waals surface area contributed by atoms with Crippen LogP contribution >= 0.6 is 11.6 Å². The quantitative estimate of drug-likeness (QED) is 0.591. The molecule has 27 heavy (non-hydrogen) atoms. The molecule has 1 aromatic heterocycles. The molecule has 0 saturated heterocycles. The zero-order valence-corrected chi connectivity index (χ0v) is 16.5. The second-order valence-corrected chi connectivity index (χ2v) is 6.69. The summed E-state index contributed by atoms with van der Waals surface area (Å²) in [7, 11) is 1.67. The highest BCUT2D eigenvalue weighted by Gasteiger charge is 2.06. The molecule has 0 saturated carbocycles. The van der Waals surface area contributed by atoms with E-state index in [4.69, 9.17) is 16.3 Å². The Morgan fingerprint density at radius 2 is 1.85 bits per heavy atom. The third-order valence-electron chi connectivity index (χ3n) is 4.22. The summed E-state index contributed by atoms with van der Waals surface area (Å²) >= 11 is 6.20. The van der Waals surface area contributed by atoms with Crippen LogP contribution < -0.4 is 15.4 Å². The summed E-state index contributed by atoms with van der Waals surface area (Å²) in [5.41, 5.74) is 4.00. The molecule has 0 aliphatic heterocycles. The van der Waals surface area contributed by atoms with Crippen molar-refractivity contribution in [3.05, 3.63) is 70.4 Å². The summed E-state index contributed by atoms with van der Waals surface area (Å²) in [6, 6.07) is 15.7. The summed E-state index contributed by atoms with van der Waals surface area (Å²) in [6.07, 6.45) is 0.852. The molecule has 2 N–H and O–H groups in total. The molecule has 0 aliphatic rings. The fourth-order valence-corrected chi connectivity index (χ4v) is 2.91. The van der Waals surface area contributed by atoms with Crippen LogP contribution in [0.25, 0.3) is 0 Å². The lowest BCUT2D eigenvalue weighted by atomic mass is 10.1. The minimum atomic E-state index is 0.597. The highest BCUT2D eigenvalue weighted by Crippen LogP contribution is 2.26. The Bertz CT molecular complexity index is 930. The fourth-order valence-electron chi connectivity index (χ4n) is 2.74. The number of aromatic nitrogens is 2. The predicted octanol–water partition coefficient (Wildman–Crippen LogP) is 5.15. The van der Waals surface area contributed by atoms with E-state index < -0.39 is 0 Å². The summed E-state index contributed by atoms with van der Waals surface area (Å²) in [5, 5.41) is 7.34. The molecule has 0 radical (unpaired) electrons. The van der Waals surface area contributed by atoms with Crippen LogP contribution in [0.1, 0.15) is 16.8 Å². The van der Waals surface area contributed by atoms with E-state index in [9.17, 15) is 0 Å². The lowest BCUT2D eigenvalue weighted by Crippen LogP contribution is -2.10. The second kappa shape index (κ2) is 8.73. The Morgan fingerprint density at radius 1 is 1.04 bits per heavy atom. The van der Waals surface area contributed by atoms with Gasteiger partial charge in [-0.25, -0.2) is 4.98 Å². The van der Waals surface area contributed by atoms with Crippen LogP contribution in [0, 0.1) is 13.8 Å². The molecule has 0 bridgehead atoms. The Kier molecular flexibility index (Phi) is 6.14. The van der Waals surface area contributed by atoms with Crippen LogP contribution in [0.3, 0.4) is 0 Å². The van der Waals surface area contributed by atoms with Crippen LogP contribution in [0.2, 0.25) is 5.02 Å². The van der Waals surface area contributed by atoms with Gasteiger partial charge in [-0.1, -0.05) is 29.8 Å². The number of aryl methyl sites for hydroxylation is 1. The molecule has 1 heterocycles. The number of ether oxygens (including phenoxy) is 1. The molecule has 3 rings (SSSR count). The Hall–Kier alpha value is -2.79. The third kappa shape index (κ3) is 5.11. The molecule has 5 nitrogen and oxygen atoms in total. The van der Waals surface area contributed by atoms with Crippen molar-refractivity contribution < 1.29 is 4.74 Å². The van der Waals surface area contributed by atoms with Gasteiger partial charge in [0.2, 0.25) is 5.95 Å². The molecule has 3 aromatic rings. The van der Waals surface area contributed by atoms with Gasteiger partial charge in [0.25, 0.3) is 0 Å². The van der Waals surface area contributed by atoms with Gasteiger partial charge in [0, 0.05) is 29.0 Å². The number of anilines is 3. The van der Waals surface area contributed by atoms with Gasteiger partial charge in [0.05, 0.1) is 7.11 Å². The van der Waals surface area contributed by atoms with Gasteiger partial charge in [0.15, 0.2) is 0 Å². The van der Waals surface area contributed by atoms with Crippen molar-refractivity contribution in [3.63, 3.8) is 0 Å². The van der Waals surface area contributed by atoms with Gasteiger partial charge in [0.1, 0.15) is 11.6 Å². The zero-order chi connectivity index (χ0) is 19.2. The minimum Gasteiger partial charge on any atom is -0.497 e. The first-order chi connectivity index (χ1) is 13.0. The minimum absolute atomic E-state index is 0.597. The van der Waals surface area contributed by atoms with Crippen molar-refractivity contribution >= 4 is 29.1 Å². The number of nitrogens with zero attached hydrogens (tertiary/aromatic N) is 2. The van der Waals surface area contributed by atoms with E-state index in [1.165, 1.54) is 5.56 Å². The van der Waals surface area contributed by atoms with Crippen LogP contribution in [-0.2, 0) is 6.42 Å². The number of hydrogen-bond acceptors (Lipinski definition) is 5. The molecule has 140 valence electrons. The number of hydrogen-bond donors (Lipinski definition) is 2. The summed E-state index contributed by atoms with van der Waals surface area (Å²) in [4.78, 5) is 9.03. The number of benzene rings is 2. The van der Waals surface area contributed by atoms with Crippen LogP contribution in [0.5, 0.6) is 5.75 Å². The van der Waals surface area contributed by atoms with E-state index in [1.54, 1.807) is 7.11 Å². The van der Waals surface area contributed by atoms with Gasteiger partial charge < -0.3 is 15.4 Å². The van der Waals surface area contributed by atoms with Crippen molar-refractivity contribution in [2.75, 3.05) is 24.3 Å². The summed E-state index contributed by atoms with van der Waals surface area (Å²) in [6.45, 7) is 4.66. The van der Waals surface area contributed by atoms with Gasteiger partial charge in [-0.05, 0) is 55.7 Å². The first-order valence-corrected chi connectivity index (χ1v) is 9.17. The smallest absolute Gasteiger partial charge is 0.224 e. The lowest BCUT2D eigenvalue weighted by molar-refractivity contribution is 0.414. The second-order valence-electron chi connectivity index (χ2n) is 6.28. The topological polar surface area (TPSA) is 59.1 Å². The molecule has 6 heteroatoms. The Labute approximate surface area is 164 Å². The van der Waals surface area contributed by atoms with E-state index >= 15 is 0 Å². The normalized spacial score (nSPS) is 10.5. The highest BCUT2D eigenvalue weighted by atomic mass is 35.5. The van der Waals surface area contributed by atoms with E-state index in [0.29, 0.717) is 5.95 Å². The predicted molar refractivity (Wildman–Crippen MR) is 111 cm³/mol. The highest BCUT2D eigenvalue weighted by molar-refractivity contribution is 6.31. The number of methoxy groups -OCH3 is 1. The monoisotopic (exact) mass is 382 g/mol. The molecule has 0 atom stereocenters. The number of nitrogens with one attached hydrogen (secondary N) is 2. The molecule has 0 spiro atoms. The van der Waals surface area contributed by atoms with Crippen molar-refractivity contribution in [2.45, 2.75) is 20.3 Å². The molecule has 2 aromatic carbocycles. The first-order valence-electron chi connectivity index (χ1n) is 8.80. The largest absolute Gasteiger partial charge is 0.497 e. The average molecular weight is 383 g/mol. The molecule has 0 aliphatic carbocycles. The van der Waals surface area contributed by atoms with Crippen LogP contribution in [-0.4, -0.2) is 23.6 Å². The number of halogens is 1. The first kappa shape index (κ1) is 19.0. The maximum Gasteiger partial charge on any atom is 0.224 e. The van der Waals surface area contributed by atoms with Crippen molar-refractivity contribution in [2.24, 2.45) is 0 Å². The molecule has 0 unspecified atom stereocenters. The van der Waals surface area contributed by atoms with Crippen molar-refractivity contribution in [1.29, 1.82) is 0 Å². The molecule has 0 fully saturated rings. The fraction of sp³-hybridized carbons (Fsp3) is 0.238. The Balaban J connectivity index is 1.67. The standard InChI is InChI=1S/C21H23ClN4O/c1-14-12-20(25-19-9-5-8-18(22)15(19)2)26-21(24-14)23-11-10-16-6-4-7-17(13-16)27-3/h4-9,12-13H,10-11H2,1-3H3,(H2,23,24,25,26). The zero-order valence-electron chi connectivity index (χ0n) is 15.7. The van der Waals surface area contributed by atoms with Crippen LogP contribution in [0.15, 0.2) is 48.5 Å². The third-order valence-corrected chi connectivity index (χ3v) is 4.63. The van der Waals surface area contributed by atoms with Gasteiger partial charge in [-0.15, -0.1) is 0 Å². The lowest BCUT2D eigenvalue weighted by Gasteiger charge is -2.12. The Morgan fingerprint density at radius 3 is 2.67 bits per heavy atom. The van der Waals surface area contributed by atoms with Gasteiger partial charge in [-0.2, -0.15) is 4.98 Å². The number of rotatable bonds is 7.